The van der Waals surface area contributed by atoms with Crippen molar-refractivity contribution in [2.24, 2.45) is 0 Å². The number of nitrogens with one attached hydrogen (secondary N) is 1. The highest BCUT2D eigenvalue weighted by molar-refractivity contribution is 7.87. The molecule has 0 atom stereocenters. The Hall–Kier alpha value is -0.740. The summed E-state index contributed by atoms with van der Waals surface area (Å²) in [4.78, 5) is 11.1. The predicted octanol–water partition coefficient (Wildman–Crippen LogP) is -0.967. The molecule has 0 amide bonds. The normalized spacial score (nSPS) is 20.3. The molecule has 1 heterocycles. The van der Waals surface area contributed by atoms with E-state index in [0.717, 1.165) is 0 Å². The zero-order chi connectivity index (χ0) is 14.5. The quantitative estimate of drug-likeness (QED) is 0.586. The summed E-state index contributed by atoms with van der Waals surface area (Å²) in [6.45, 7) is 0.693. The zero-order valence-electron chi connectivity index (χ0n) is 11.1. The molecule has 0 aromatic carbocycles. The summed E-state index contributed by atoms with van der Waals surface area (Å²) in [5.41, 5.74) is -1.28. The molecule has 1 fully saturated rings. The Morgan fingerprint density at radius 1 is 1.37 bits per heavy atom. The van der Waals surface area contributed by atoms with Crippen molar-refractivity contribution in [3.05, 3.63) is 0 Å². The number of ether oxygens (including phenoxy) is 2. The molecule has 1 saturated heterocycles. The summed E-state index contributed by atoms with van der Waals surface area (Å²) in [6, 6.07) is 0. The number of carboxylic acid groups (broad SMARTS) is 1. The van der Waals surface area contributed by atoms with E-state index in [1.54, 1.807) is 0 Å². The van der Waals surface area contributed by atoms with E-state index in [4.69, 9.17) is 14.6 Å². The van der Waals surface area contributed by atoms with E-state index in [1.165, 1.54) is 18.5 Å². The molecular formula is C10H20N2O6S. The monoisotopic (exact) mass is 296 g/mol. The van der Waals surface area contributed by atoms with Crippen LogP contribution in [0.1, 0.15) is 12.8 Å². The van der Waals surface area contributed by atoms with Crippen LogP contribution in [-0.4, -0.2) is 69.9 Å². The number of hydrogen-bond acceptors (Lipinski definition) is 5. The van der Waals surface area contributed by atoms with Gasteiger partial charge in [0.2, 0.25) is 0 Å². The topological polar surface area (TPSA) is 105 Å². The Labute approximate surface area is 112 Å². The minimum atomic E-state index is -3.58. The van der Waals surface area contributed by atoms with Crippen molar-refractivity contribution in [3.8, 4) is 0 Å². The number of methoxy groups -OCH3 is 2. The molecule has 112 valence electrons. The second kappa shape index (κ2) is 6.62. The largest absolute Gasteiger partial charge is 0.479 e. The molecule has 1 aliphatic rings. The van der Waals surface area contributed by atoms with Crippen LogP contribution in [0.15, 0.2) is 0 Å². The van der Waals surface area contributed by atoms with Gasteiger partial charge in [-0.15, -0.1) is 0 Å². The minimum absolute atomic E-state index is 0.114. The summed E-state index contributed by atoms with van der Waals surface area (Å²) in [5.74, 6) is -1.06. The van der Waals surface area contributed by atoms with Gasteiger partial charge in [-0.2, -0.15) is 17.4 Å². The molecule has 9 heteroatoms. The predicted molar refractivity (Wildman–Crippen MR) is 67.0 cm³/mol. The number of rotatable bonds is 7. The van der Waals surface area contributed by atoms with E-state index in [-0.39, 0.29) is 39.1 Å². The van der Waals surface area contributed by atoms with Crippen molar-refractivity contribution >= 4 is 16.2 Å². The Morgan fingerprint density at radius 3 is 2.37 bits per heavy atom. The van der Waals surface area contributed by atoms with E-state index in [9.17, 15) is 13.2 Å². The highest BCUT2D eigenvalue weighted by Crippen LogP contribution is 2.27. The maximum Gasteiger partial charge on any atom is 0.336 e. The maximum atomic E-state index is 11.9. The standard InChI is InChI=1S/C10H20N2O6S/c1-17-8-5-11-19(15,16)12-6-3-10(18-2,4-7-12)9(13)14/h11H,3-8H2,1-2H3,(H,13,14). The first kappa shape index (κ1) is 16.3. The molecule has 0 aliphatic carbocycles. The number of nitrogens with zero attached hydrogens (tertiary/aromatic N) is 1. The molecule has 0 aromatic heterocycles. The first-order valence-corrected chi connectivity index (χ1v) is 7.34. The molecule has 0 bridgehead atoms. The fourth-order valence-corrected chi connectivity index (χ4v) is 3.14. The lowest BCUT2D eigenvalue weighted by molar-refractivity contribution is -0.166. The third-order valence-corrected chi connectivity index (χ3v) is 4.86. The van der Waals surface area contributed by atoms with Gasteiger partial charge in [-0.1, -0.05) is 0 Å². The highest BCUT2D eigenvalue weighted by Gasteiger charge is 2.44. The number of carboxylic acids is 1. The average Bonchev–Trinajstić information content (AvgIpc) is 2.38. The van der Waals surface area contributed by atoms with Gasteiger partial charge in [0.25, 0.3) is 10.2 Å². The van der Waals surface area contributed by atoms with Crippen LogP contribution in [0.5, 0.6) is 0 Å². The SMILES string of the molecule is COCCNS(=O)(=O)N1CCC(OC)(C(=O)O)CC1. The molecule has 19 heavy (non-hydrogen) atoms. The van der Waals surface area contributed by atoms with Crippen LogP contribution in [0.2, 0.25) is 0 Å². The van der Waals surface area contributed by atoms with Gasteiger partial charge in [-0.3, -0.25) is 0 Å². The van der Waals surface area contributed by atoms with Gasteiger partial charge >= 0.3 is 5.97 Å². The van der Waals surface area contributed by atoms with Crippen LogP contribution in [0.3, 0.4) is 0 Å². The van der Waals surface area contributed by atoms with Crippen LogP contribution < -0.4 is 4.72 Å². The van der Waals surface area contributed by atoms with E-state index in [0.29, 0.717) is 0 Å². The molecule has 8 nitrogen and oxygen atoms in total. The second-order valence-corrected chi connectivity index (χ2v) is 6.05. The number of piperidine rings is 1. The van der Waals surface area contributed by atoms with Crippen LogP contribution >= 0.6 is 0 Å². The lowest BCUT2D eigenvalue weighted by Crippen LogP contribution is -2.54. The third-order valence-electron chi connectivity index (χ3n) is 3.24. The van der Waals surface area contributed by atoms with Crippen molar-refractivity contribution in [1.29, 1.82) is 0 Å². The fraction of sp³-hybridized carbons (Fsp3) is 0.900. The van der Waals surface area contributed by atoms with Gasteiger partial charge in [0.15, 0.2) is 5.60 Å². The molecule has 0 unspecified atom stereocenters. The molecule has 2 N–H and O–H groups in total. The van der Waals surface area contributed by atoms with Crippen LogP contribution in [0.4, 0.5) is 0 Å². The van der Waals surface area contributed by atoms with Gasteiger partial charge in [-0.05, 0) is 0 Å². The number of hydrogen-bond donors (Lipinski definition) is 2. The highest BCUT2D eigenvalue weighted by atomic mass is 32.2. The lowest BCUT2D eigenvalue weighted by atomic mass is 9.92. The first-order chi connectivity index (χ1) is 8.88. The van der Waals surface area contributed by atoms with E-state index < -0.39 is 21.8 Å². The van der Waals surface area contributed by atoms with Crippen molar-refractivity contribution in [1.82, 2.24) is 9.03 Å². The van der Waals surface area contributed by atoms with Crippen molar-refractivity contribution in [3.63, 3.8) is 0 Å². The Balaban J connectivity index is 2.60. The molecule has 0 saturated carbocycles. The van der Waals surface area contributed by atoms with Gasteiger partial charge in [0, 0.05) is 46.7 Å². The molecule has 0 radical (unpaired) electrons. The zero-order valence-corrected chi connectivity index (χ0v) is 11.9. The Bertz CT molecular complexity index is 402. The molecule has 0 spiro atoms. The van der Waals surface area contributed by atoms with Gasteiger partial charge in [0.05, 0.1) is 6.61 Å². The maximum absolute atomic E-state index is 11.9. The summed E-state index contributed by atoms with van der Waals surface area (Å²) in [7, 11) is -0.775. The summed E-state index contributed by atoms with van der Waals surface area (Å²) >= 11 is 0. The third kappa shape index (κ3) is 3.86. The van der Waals surface area contributed by atoms with Crippen LogP contribution in [0, 0.1) is 0 Å². The number of aliphatic carboxylic acids is 1. The summed E-state index contributed by atoms with van der Waals surface area (Å²) in [5, 5.41) is 9.13. The second-order valence-electron chi connectivity index (χ2n) is 4.29. The van der Waals surface area contributed by atoms with Crippen molar-refractivity contribution in [2.45, 2.75) is 18.4 Å². The average molecular weight is 296 g/mol. The molecule has 1 rings (SSSR count). The fourth-order valence-electron chi connectivity index (χ4n) is 1.96. The van der Waals surface area contributed by atoms with Crippen LogP contribution in [-0.2, 0) is 24.5 Å². The van der Waals surface area contributed by atoms with Gasteiger partial charge in [-0.25, -0.2) is 4.79 Å². The van der Waals surface area contributed by atoms with Gasteiger partial charge < -0.3 is 14.6 Å². The summed E-state index contributed by atoms with van der Waals surface area (Å²) < 4.78 is 37.2. The van der Waals surface area contributed by atoms with E-state index in [1.807, 2.05) is 0 Å². The Kier molecular flexibility index (Phi) is 5.68. The number of carbonyl (C=O) groups is 1. The van der Waals surface area contributed by atoms with Crippen molar-refractivity contribution in [2.75, 3.05) is 40.5 Å². The first-order valence-electron chi connectivity index (χ1n) is 5.90. The van der Waals surface area contributed by atoms with E-state index in [2.05, 4.69) is 4.72 Å². The minimum Gasteiger partial charge on any atom is -0.479 e. The molecular weight excluding hydrogens is 276 g/mol. The molecule has 1 aliphatic heterocycles. The molecule has 0 aromatic rings. The van der Waals surface area contributed by atoms with Crippen molar-refractivity contribution < 1.29 is 27.8 Å². The smallest absolute Gasteiger partial charge is 0.336 e. The van der Waals surface area contributed by atoms with E-state index >= 15 is 0 Å². The Morgan fingerprint density at radius 2 is 1.95 bits per heavy atom. The van der Waals surface area contributed by atoms with Crippen LogP contribution in [0.25, 0.3) is 0 Å². The van der Waals surface area contributed by atoms with Gasteiger partial charge in [0.1, 0.15) is 0 Å². The summed E-state index contributed by atoms with van der Waals surface area (Å²) in [6.07, 6.45) is 0.258. The lowest BCUT2D eigenvalue weighted by Gasteiger charge is -2.36.